The Morgan fingerprint density at radius 2 is 1.90 bits per heavy atom. The molecule has 1 aliphatic carbocycles. The Morgan fingerprint density at radius 1 is 1.20 bits per heavy atom. The van der Waals surface area contributed by atoms with Gasteiger partial charge in [0.05, 0.1) is 12.0 Å². The first-order valence-electron chi connectivity index (χ1n) is 7.67. The third kappa shape index (κ3) is 3.67. The number of aliphatic hydroxyl groups is 1. The molecular weight excluding hydrogens is 267 g/mol. The average Bonchev–Trinajstić information content (AvgIpc) is 2.34. The number of rotatable bonds is 2. The molecule has 0 bridgehead atoms. The first kappa shape index (κ1) is 16.1. The molecule has 0 aromatic carbocycles. The van der Waals surface area contributed by atoms with E-state index in [4.69, 9.17) is 0 Å². The second-order valence-electron chi connectivity index (χ2n) is 7.23. The molecule has 0 spiro atoms. The minimum atomic E-state index is -4.08. The van der Waals surface area contributed by atoms with E-state index in [1.54, 1.807) is 0 Å². The number of halogens is 3. The van der Waals surface area contributed by atoms with Gasteiger partial charge in [-0.3, -0.25) is 0 Å². The van der Waals surface area contributed by atoms with Crippen LogP contribution < -0.4 is 0 Å². The molecule has 3 unspecified atom stereocenters. The van der Waals surface area contributed by atoms with Gasteiger partial charge < -0.3 is 10.0 Å². The Morgan fingerprint density at radius 3 is 2.55 bits per heavy atom. The number of hydrogen-bond acceptors (Lipinski definition) is 2. The van der Waals surface area contributed by atoms with Crippen molar-refractivity contribution in [1.29, 1.82) is 0 Å². The van der Waals surface area contributed by atoms with Gasteiger partial charge in [-0.1, -0.05) is 20.3 Å². The van der Waals surface area contributed by atoms with Crippen molar-refractivity contribution >= 4 is 0 Å². The summed E-state index contributed by atoms with van der Waals surface area (Å²) < 4.78 is 38.5. The van der Waals surface area contributed by atoms with Gasteiger partial charge in [0.1, 0.15) is 0 Å². The first-order chi connectivity index (χ1) is 9.20. The van der Waals surface area contributed by atoms with Crippen LogP contribution in [0, 0.1) is 17.3 Å². The summed E-state index contributed by atoms with van der Waals surface area (Å²) in [6, 6.07) is 0. The SMILES string of the molecule is CC1(C)CCCC(CN2CCCC(C(F)(F)F)C2)C1O. The molecule has 0 aromatic rings. The van der Waals surface area contributed by atoms with Crippen LogP contribution in [0.3, 0.4) is 0 Å². The summed E-state index contributed by atoms with van der Waals surface area (Å²) in [4.78, 5) is 1.91. The van der Waals surface area contributed by atoms with Crippen LogP contribution in [0.5, 0.6) is 0 Å². The van der Waals surface area contributed by atoms with Crippen LogP contribution in [0.15, 0.2) is 0 Å². The zero-order valence-corrected chi connectivity index (χ0v) is 12.4. The van der Waals surface area contributed by atoms with Crippen molar-refractivity contribution in [1.82, 2.24) is 4.90 Å². The van der Waals surface area contributed by atoms with Crippen molar-refractivity contribution in [2.45, 2.75) is 58.2 Å². The highest BCUT2D eigenvalue weighted by Crippen LogP contribution is 2.40. The molecular formula is C15H26F3NO. The third-order valence-corrected chi connectivity index (χ3v) is 5.10. The fourth-order valence-corrected chi connectivity index (χ4v) is 3.78. The fraction of sp³-hybridized carbons (Fsp3) is 1.00. The predicted octanol–water partition coefficient (Wildman–Crippen LogP) is 3.45. The summed E-state index contributed by atoms with van der Waals surface area (Å²) in [6.45, 7) is 5.55. The summed E-state index contributed by atoms with van der Waals surface area (Å²) in [7, 11) is 0. The van der Waals surface area contributed by atoms with E-state index < -0.39 is 18.2 Å². The Kier molecular flexibility index (Phi) is 4.69. The van der Waals surface area contributed by atoms with Gasteiger partial charge in [-0.2, -0.15) is 13.2 Å². The zero-order valence-electron chi connectivity index (χ0n) is 12.4. The minimum Gasteiger partial charge on any atom is -0.392 e. The lowest BCUT2D eigenvalue weighted by molar-refractivity contribution is -0.188. The minimum absolute atomic E-state index is 0.104. The number of piperidine rings is 1. The van der Waals surface area contributed by atoms with Crippen LogP contribution in [0.1, 0.15) is 46.0 Å². The van der Waals surface area contributed by atoms with Crippen molar-refractivity contribution in [2.24, 2.45) is 17.3 Å². The van der Waals surface area contributed by atoms with Crippen molar-refractivity contribution in [3.05, 3.63) is 0 Å². The molecule has 2 aliphatic rings. The van der Waals surface area contributed by atoms with Gasteiger partial charge in [-0.15, -0.1) is 0 Å². The Balaban J connectivity index is 1.92. The predicted molar refractivity (Wildman–Crippen MR) is 72.3 cm³/mol. The van der Waals surface area contributed by atoms with E-state index in [2.05, 4.69) is 13.8 Å². The number of hydrogen-bond donors (Lipinski definition) is 1. The molecule has 3 atom stereocenters. The summed E-state index contributed by atoms with van der Waals surface area (Å²) in [6.07, 6.45) is -0.639. The van der Waals surface area contributed by atoms with E-state index in [1.807, 2.05) is 4.90 Å². The van der Waals surface area contributed by atoms with E-state index in [0.29, 0.717) is 13.0 Å². The lowest BCUT2D eigenvalue weighted by Crippen LogP contribution is -2.48. The Bertz CT molecular complexity index is 330. The molecule has 0 amide bonds. The largest absolute Gasteiger partial charge is 0.393 e. The van der Waals surface area contributed by atoms with E-state index in [1.165, 1.54) is 0 Å². The number of likely N-dealkylation sites (tertiary alicyclic amines) is 1. The molecule has 1 heterocycles. The van der Waals surface area contributed by atoms with Crippen LogP contribution in [0.2, 0.25) is 0 Å². The molecule has 20 heavy (non-hydrogen) atoms. The molecule has 1 saturated carbocycles. The standard InChI is InChI=1S/C15H26F3NO/c1-14(2)7-3-5-11(13(14)20)9-19-8-4-6-12(10-19)15(16,17)18/h11-13,20H,3-10H2,1-2H3. The maximum Gasteiger partial charge on any atom is 0.393 e. The van der Waals surface area contributed by atoms with Gasteiger partial charge in [0.15, 0.2) is 0 Å². The van der Waals surface area contributed by atoms with Crippen LogP contribution in [-0.4, -0.2) is 41.9 Å². The lowest BCUT2D eigenvalue weighted by atomic mass is 9.69. The van der Waals surface area contributed by atoms with Crippen molar-refractivity contribution in [3.8, 4) is 0 Å². The van der Waals surface area contributed by atoms with Crippen LogP contribution >= 0.6 is 0 Å². The van der Waals surface area contributed by atoms with E-state index in [-0.39, 0.29) is 24.3 Å². The summed E-state index contributed by atoms with van der Waals surface area (Å²) in [5.41, 5.74) is -0.109. The average molecular weight is 293 g/mol. The van der Waals surface area contributed by atoms with E-state index >= 15 is 0 Å². The monoisotopic (exact) mass is 293 g/mol. The van der Waals surface area contributed by atoms with E-state index in [9.17, 15) is 18.3 Å². The molecule has 0 aromatic heterocycles. The Hall–Kier alpha value is -0.290. The van der Waals surface area contributed by atoms with Crippen molar-refractivity contribution in [3.63, 3.8) is 0 Å². The first-order valence-corrected chi connectivity index (χ1v) is 7.67. The lowest BCUT2D eigenvalue weighted by Gasteiger charge is -2.44. The number of alkyl halides is 3. The highest BCUT2D eigenvalue weighted by Gasteiger charge is 2.43. The van der Waals surface area contributed by atoms with Gasteiger partial charge in [0, 0.05) is 13.1 Å². The van der Waals surface area contributed by atoms with Gasteiger partial charge in [-0.25, -0.2) is 0 Å². The van der Waals surface area contributed by atoms with Gasteiger partial charge in [0.25, 0.3) is 0 Å². The van der Waals surface area contributed by atoms with Gasteiger partial charge in [0.2, 0.25) is 0 Å². The molecule has 2 rings (SSSR count). The molecule has 1 N–H and O–H groups in total. The maximum absolute atomic E-state index is 12.8. The zero-order chi connectivity index (χ0) is 15.0. The van der Waals surface area contributed by atoms with Crippen LogP contribution in [0.25, 0.3) is 0 Å². The maximum atomic E-state index is 12.8. The fourth-order valence-electron chi connectivity index (χ4n) is 3.78. The summed E-state index contributed by atoms with van der Waals surface area (Å²) in [5, 5.41) is 10.4. The molecule has 118 valence electrons. The van der Waals surface area contributed by atoms with Crippen LogP contribution in [-0.2, 0) is 0 Å². The summed E-state index contributed by atoms with van der Waals surface area (Å²) >= 11 is 0. The molecule has 5 heteroatoms. The Labute approximate surface area is 119 Å². The molecule has 2 fully saturated rings. The smallest absolute Gasteiger partial charge is 0.392 e. The summed E-state index contributed by atoms with van der Waals surface area (Å²) in [5.74, 6) is -1.07. The number of nitrogens with zero attached hydrogens (tertiary/aromatic N) is 1. The van der Waals surface area contributed by atoms with Crippen molar-refractivity contribution < 1.29 is 18.3 Å². The highest BCUT2D eigenvalue weighted by molar-refractivity contribution is 4.90. The van der Waals surface area contributed by atoms with Crippen LogP contribution in [0.4, 0.5) is 13.2 Å². The quantitative estimate of drug-likeness (QED) is 0.843. The van der Waals surface area contributed by atoms with Crippen molar-refractivity contribution in [2.75, 3.05) is 19.6 Å². The second-order valence-corrected chi connectivity index (χ2v) is 7.23. The molecule has 1 saturated heterocycles. The van der Waals surface area contributed by atoms with E-state index in [0.717, 1.165) is 25.8 Å². The highest BCUT2D eigenvalue weighted by atomic mass is 19.4. The second kappa shape index (κ2) is 5.84. The topological polar surface area (TPSA) is 23.5 Å². The third-order valence-electron chi connectivity index (χ3n) is 5.10. The van der Waals surface area contributed by atoms with Gasteiger partial charge in [-0.05, 0) is 43.6 Å². The van der Waals surface area contributed by atoms with Gasteiger partial charge >= 0.3 is 6.18 Å². The molecule has 0 radical (unpaired) electrons. The molecule has 2 nitrogen and oxygen atoms in total. The molecule has 1 aliphatic heterocycles. The normalized spacial score (nSPS) is 36.0. The number of aliphatic hydroxyl groups excluding tert-OH is 1.